The van der Waals surface area contributed by atoms with Crippen LogP contribution in [-0.2, 0) is 19.3 Å². The molecule has 0 radical (unpaired) electrons. The van der Waals surface area contributed by atoms with Crippen LogP contribution in [0.5, 0.6) is 0 Å². The number of rotatable bonds is 2. The SMILES string of the molecule is COCC1NCCOC12CC1CCC(C2)S1(=O)=O. The maximum absolute atomic E-state index is 12.2. The molecule has 104 valence electrons. The average Bonchev–Trinajstić information content (AvgIpc) is 2.54. The van der Waals surface area contributed by atoms with E-state index < -0.39 is 9.84 Å². The van der Waals surface area contributed by atoms with Gasteiger partial charge >= 0.3 is 0 Å². The number of hydrogen-bond acceptors (Lipinski definition) is 5. The molecule has 0 aromatic rings. The second-order valence-electron chi connectivity index (χ2n) is 5.69. The van der Waals surface area contributed by atoms with Gasteiger partial charge in [0.15, 0.2) is 9.84 Å². The third-order valence-corrected chi connectivity index (χ3v) is 7.40. The molecule has 3 saturated heterocycles. The molecule has 0 amide bonds. The molecular weight excluding hydrogens is 254 g/mol. The standard InChI is InChI=1S/C12H21NO4S/c1-16-8-11-12(17-5-4-13-11)6-9-2-3-10(7-12)18(9,14)15/h9-11,13H,2-8H2,1H3. The fourth-order valence-electron chi connectivity index (χ4n) is 3.82. The highest BCUT2D eigenvalue weighted by atomic mass is 32.2. The van der Waals surface area contributed by atoms with E-state index in [0.717, 1.165) is 19.4 Å². The molecule has 0 aliphatic carbocycles. The van der Waals surface area contributed by atoms with Gasteiger partial charge in [-0.3, -0.25) is 0 Å². The maximum atomic E-state index is 12.2. The first kappa shape index (κ1) is 12.8. The second kappa shape index (κ2) is 4.44. The molecule has 0 saturated carbocycles. The fourth-order valence-corrected chi connectivity index (χ4v) is 6.32. The van der Waals surface area contributed by atoms with E-state index in [1.165, 1.54) is 0 Å². The van der Waals surface area contributed by atoms with Crippen LogP contribution in [0.2, 0.25) is 0 Å². The third-order valence-electron chi connectivity index (χ3n) is 4.74. The molecule has 2 bridgehead atoms. The molecule has 3 fully saturated rings. The molecule has 5 nitrogen and oxygen atoms in total. The van der Waals surface area contributed by atoms with Gasteiger partial charge in [-0.05, 0) is 25.7 Å². The first-order chi connectivity index (χ1) is 8.58. The predicted octanol–water partition coefficient (Wildman–Crippen LogP) is 0.0996. The summed E-state index contributed by atoms with van der Waals surface area (Å²) in [6, 6.07) is 0.120. The van der Waals surface area contributed by atoms with Gasteiger partial charge in [0.25, 0.3) is 0 Å². The minimum atomic E-state index is -2.89. The Balaban J connectivity index is 1.87. The quantitative estimate of drug-likeness (QED) is 0.774. The normalized spacial score (nSPS) is 46.4. The van der Waals surface area contributed by atoms with Gasteiger partial charge in [0, 0.05) is 13.7 Å². The van der Waals surface area contributed by atoms with Crippen molar-refractivity contribution in [1.29, 1.82) is 0 Å². The van der Waals surface area contributed by atoms with Crippen LogP contribution < -0.4 is 5.32 Å². The van der Waals surface area contributed by atoms with E-state index in [2.05, 4.69) is 5.32 Å². The summed E-state index contributed by atoms with van der Waals surface area (Å²) in [6.07, 6.45) is 2.87. The number of ether oxygens (including phenoxy) is 2. The lowest BCUT2D eigenvalue weighted by Crippen LogP contribution is -2.64. The van der Waals surface area contributed by atoms with Crippen LogP contribution in [0.4, 0.5) is 0 Å². The lowest BCUT2D eigenvalue weighted by atomic mass is 9.84. The zero-order chi connectivity index (χ0) is 12.8. The van der Waals surface area contributed by atoms with Crippen LogP contribution in [0.3, 0.4) is 0 Å². The van der Waals surface area contributed by atoms with Crippen LogP contribution in [-0.4, -0.2) is 57.4 Å². The van der Waals surface area contributed by atoms with Crippen molar-refractivity contribution in [2.45, 2.75) is 47.8 Å². The van der Waals surface area contributed by atoms with Gasteiger partial charge in [-0.15, -0.1) is 0 Å². The van der Waals surface area contributed by atoms with Crippen molar-refractivity contribution < 1.29 is 17.9 Å². The molecular formula is C12H21NO4S. The summed E-state index contributed by atoms with van der Waals surface area (Å²) in [5.74, 6) is 0. The van der Waals surface area contributed by atoms with Crippen molar-refractivity contribution in [3.8, 4) is 0 Å². The molecule has 3 atom stereocenters. The number of nitrogens with one attached hydrogen (secondary N) is 1. The minimum absolute atomic E-state index is 0.120. The first-order valence-electron chi connectivity index (χ1n) is 6.67. The summed E-state index contributed by atoms with van der Waals surface area (Å²) >= 11 is 0. The largest absolute Gasteiger partial charge is 0.383 e. The average molecular weight is 275 g/mol. The monoisotopic (exact) mass is 275 g/mol. The Kier molecular flexibility index (Phi) is 3.17. The highest BCUT2D eigenvalue weighted by molar-refractivity contribution is 7.93. The van der Waals surface area contributed by atoms with Crippen LogP contribution in [0.25, 0.3) is 0 Å². The summed E-state index contributed by atoms with van der Waals surface area (Å²) in [7, 11) is -1.21. The molecule has 3 aliphatic rings. The maximum Gasteiger partial charge on any atom is 0.156 e. The summed E-state index contributed by atoms with van der Waals surface area (Å²) < 4.78 is 35.6. The summed E-state index contributed by atoms with van der Waals surface area (Å²) in [6.45, 7) is 2.07. The molecule has 3 rings (SSSR count). The summed E-state index contributed by atoms with van der Waals surface area (Å²) in [5, 5.41) is 3.03. The molecule has 1 spiro atoms. The molecule has 18 heavy (non-hydrogen) atoms. The van der Waals surface area contributed by atoms with Gasteiger partial charge in [-0.2, -0.15) is 0 Å². The van der Waals surface area contributed by atoms with Crippen molar-refractivity contribution in [3.63, 3.8) is 0 Å². The molecule has 3 heterocycles. The number of morpholine rings is 1. The van der Waals surface area contributed by atoms with Crippen molar-refractivity contribution >= 4 is 9.84 Å². The van der Waals surface area contributed by atoms with Crippen molar-refractivity contribution in [2.75, 3.05) is 26.9 Å². The van der Waals surface area contributed by atoms with E-state index in [1.807, 2.05) is 0 Å². The van der Waals surface area contributed by atoms with E-state index >= 15 is 0 Å². The number of sulfone groups is 1. The highest BCUT2D eigenvalue weighted by Crippen LogP contribution is 2.46. The van der Waals surface area contributed by atoms with Crippen LogP contribution >= 0.6 is 0 Å². The van der Waals surface area contributed by atoms with Crippen molar-refractivity contribution in [2.24, 2.45) is 0 Å². The molecule has 3 aliphatic heterocycles. The van der Waals surface area contributed by atoms with E-state index in [0.29, 0.717) is 26.1 Å². The van der Waals surface area contributed by atoms with Crippen LogP contribution in [0.1, 0.15) is 25.7 Å². The van der Waals surface area contributed by atoms with Gasteiger partial charge < -0.3 is 14.8 Å². The summed E-state index contributed by atoms with van der Waals surface area (Å²) in [4.78, 5) is 0. The van der Waals surface area contributed by atoms with Crippen molar-refractivity contribution in [3.05, 3.63) is 0 Å². The zero-order valence-corrected chi connectivity index (χ0v) is 11.5. The van der Waals surface area contributed by atoms with E-state index in [9.17, 15) is 8.42 Å². The number of methoxy groups -OCH3 is 1. The molecule has 0 aromatic carbocycles. The Hall–Kier alpha value is -0.170. The van der Waals surface area contributed by atoms with E-state index in [4.69, 9.17) is 9.47 Å². The van der Waals surface area contributed by atoms with Crippen molar-refractivity contribution in [1.82, 2.24) is 5.32 Å². The van der Waals surface area contributed by atoms with Gasteiger partial charge in [0.05, 0.1) is 35.4 Å². The Labute approximate surface area is 108 Å². The van der Waals surface area contributed by atoms with Gasteiger partial charge in [0.1, 0.15) is 0 Å². The third kappa shape index (κ3) is 1.81. The predicted molar refractivity (Wildman–Crippen MR) is 67.3 cm³/mol. The Morgan fingerprint density at radius 2 is 2.00 bits per heavy atom. The smallest absolute Gasteiger partial charge is 0.156 e. The fraction of sp³-hybridized carbons (Fsp3) is 1.00. The molecule has 0 aromatic heterocycles. The zero-order valence-electron chi connectivity index (χ0n) is 10.7. The van der Waals surface area contributed by atoms with Gasteiger partial charge in [0.2, 0.25) is 0 Å². The Morgan fingerprint density at radius 1 is 1.33 bits per heavy atom. The van der Waals surface area contributed by atoms with Gasteiger partial charge in [-0.25, -0.2) is 8.42 Å². The van der Waals surface area contributed by atoms with Crippen LogP contribution in [0.15, 0.2) is 0 Å². The van der Waals surface area contributed by atoms with Crippen LogP contribution in [0, 0.1) is 0 Å². The second-order valence-corrected chi connectivity index (χ2v) is 8.21. The Morgan fingerprint density at radius 3 is 2.61 bits per heavy atom. The van der Waals surface area contributed by atoms with E-state index in [1.54, 1.807) is 7.11 Å². The molecule has 1 N–H and O–H groups in total. The summed E-state index contributed by atoms with van der Waals surface area (Å²) in [5.41, 5.74) is -0.328. The lowest BCUT2D eigenvalue weighted by Gasteiger charge is -2.48. The van der Waals surface area contributed by atoms with E-state index in [-0.39, 0.29) is 22.1 Å². The first-order valence-corrected chi connectivity index (χ1v) is 8.28. The molecule has 6 heteroatoms. The minimum Gasteiger partial charge on any atom is -0.383 e. The molecule has 3 unspecified atom stereocenters. The Bertz CT molecular complexity index is 400. The van der Waals surface area contributed by atoms with Gasteiger partial charge in [-0.1, -0.05) is 0 Å². The highest BCUT2D eigenvalue weighted by Gasteiger charge is 2.57. The number of hydrogen-bond donors (Lipinski definition) is 1. The lowest BCUT2D eigenvalue weighted by molar-refractivity contribution is -0.120. The number of fused-ring (bicyclic) bond motifs is 2. The topological polar surface area (TPSA) is 64.6 Å².